The van der Waals surface area contributed by atoms with Crippen molar-refractivity contribution in [1.29, 1.82) is 0 Å². The van der Waals surface area contributed by atoms with E-state index in [0.717, 1.165) is 0 Å². The monoisotopic (exact) mass is 437 g/mol. The van der Waals surface area contributed by atoms with Gasteiger partial charge in [0.2, 0.25) is 0 Å². The van der Waals surface area contributed by atoms with Gasteiger partial charge in [0.15, 0.2) is 5.82 Å². The second kappa shape index (κ2) is 7.13. The molecule has 148 valence electrons. The Kier molecular flexibility index (Phi) is 5.59. The minimum Gasteiger partial charge on any atom is -0.291 e. The average molecular weight is 438 g/mol. The first-order valence-electron chi connectivity index (χ1n) is 6.59. The first-order chi connectivity index (χ1) is 12.2. The van der Waals surface area contributed by atoms with E-state index >= 15 is 0 Å². The van der Waals surface area contributed by atoms with Gasteiger partial charge in [0.05, 0.1) is 21.0 Å². The van der Waals surface area contributed by atoms with Crippen LogP contribution in [0.4, 0.5) is 36.6 Å². The number of halogens is 8. The number of aromatic nitrogens is 1. The quantitative estimate of drug-likeness (QED) is 0.555. The summed E-state index contributed by atoms with van der Waals surface area (Å²) in [5, 5.41) is -0.609. The van der Waals surface area contributed by atoms with E-state index in [9.17, 15) is 39.2 Å². The van der Waals surface area contributed by atoms with Gasteiger partial charge in [0, 0.05) is 6.20 Å². The summed E-state index contributed by atoms with van der Waals surface area (Å²) in [7, 11) is -4.66. The minimum absolute atomic E-state index is 0.0567. The molecule has 0 aliphatic rings. The van der Waals surface area contributed by atoms with Gasteiger partial charge in [-0.2, -0.15) is 26.3 Å². The molecule has 0 aliphatic carbocycles. The van der Waals surface area contributed by atoms with Gasteiger partial charge in [-0.1, -0.05) is 11.6 Å². The molecule has 0 bridgehead atoms. The number of sulfonamides is 1. The lowest BCUT2D eigenvalue weighted by atomic mass is 10.2. The summed E-state index contributed by atoms with van der Waals surface area (Å²) in [4.78, 5) is 3.92. The van der Waals surface area contributed by atoms with Crippen LogP contribution in [0.3, 0.4) is 0 Å². The van der Waals surface area contributed by atoms with Gasteiger partial charge < -0.3 is 0 Å². The maximum atomic E-state index is 13.2. The van der Waals surface area contributed by atoms with Crippen molar-refractivity contribution in [2.24, 2.45) is 0 Å². The Bertz CT molecular complexity index is 961. The molecule has 0 unspecified atom stereocenters. The standard InChI is InChI=1S/C13H7ClF7N3O2S/c14-9-3-6(12(16,17)18)5-22-11(9)23-24-27(25,26)7-1-2-10(15)8(4-7)13(19,20)21/h1-5,24H,(H,22,23). The molecule has 0 spiro atoms. The number of alkyl halides is 6. The molecule has 2 N–H and O–H groups in total. The summed E-state index contributed by atoms with van der Waals surface area (Å²) in [5.41, 5.74) is -1.13. The van der Waals surface area contributed by atoms with Gasteiger partial charge in [0.1, 0.15) is 5.82 Å². The molecule has 5 nitrogen and oxygen atoms in total. The third kappa shape index (κ3) is 4.99. The summed E-state index contributed by atoms with van der Waals surface area (Å²) in [5.74, 6) is -2.21. The highest BCUT2D eigenvalue weighted by Gasteiger charge is 2.35. The molecule has 0 fully saturated rings. The Morgan fingerprint density at radius 1 is 1.00 bits per heavy atom. The van der Waals surface area contributed by atoms with E-state index in [1.807, 2.05) is 5.43 Å². The second-order valence-electron chi connectivity index (χ2n) is 4.92. The molecule has 2 aromatic rings. The van der Waals surface area contributed by atoms with E-state index < -0.39 is 55.1 Å². The summed E-state index contributed by atoms with van der Waals surface area (Å²) >= 11 is 5.56. The van der Waals surface area contributed by atoms with E-state index in [1.54, 1.807) is 4.83 Å². The number of rotatable bonds is 4. The van der Waals surface area contributed by atoms with E-state index in [2.05, 4.69) is 4.98 Å². The molecular weight excluding hydrogens is 431 g/mol. The maximum Gasteiger partial charge on any atom is 0.419 e. The molecule has 0 saturated carbocycles. The van der Waals surface area contributed by atoms with Crippen LogP contribution < -0.4 is 10.3 Å². The smallest absolute Gasteiger partial charge is 0.291 e. The van der Waals surface area contributed by atoms with Crippen molar-refractivity contribution in [3.05, 3.63) is 52.4 Å². The molecule has 1 heterocycles. The average Bonchev–Trinajstić information content (AvgIpc) is 2.51. The van der Waals surface area contributed by atoms with Crippen LogP contribution in [-0.2, 0) is 22.4 Å². The van der Waals surface area contributed by atoms with Crippen molar-refractivity contribution in [1.82, 2.24) is 9.82 Å². The van der Waals surface area contributed by atoms with Crippen LogP contribution in [0, 0.1) is 5.82 Å². The number of hydrazine groups is 1. The first kappa shape index (κ1) is 21.2. The van der Waals surface area contributed by atoms with Gasteiger partial charge in [0.25, 0.3) is 10.0 Å². The molecule has 14 heteroatoms. The SMILES string of the molecule is O=S(=O)(NNc1ncc(C(F)(F)F)cc1Cl)c1ccc(F)c(C(F)(F)F)c1. The Morgan fingerprint density at radius 2 is 1.63 bits per heavy atom. The lowest BCUT2D eigenvalue weighted by molar-refractivity contribution is -0.140. The lowest BCUT2D eigenvalue weighted by Gasteiger charge is -2.13. The third-order valence-electron chi connectivity index (χ3n) is 3.03. The number of benzene rings is 1. The maximum absolute atomic E-state index is 13.2. The van der Waals surface area contributed by atoms with Crippen molar-refractivity contribution < 1.29 is 39.2 Å². The third-order valence-corrected chi connectivity index (χ3v) is 4.56. The van der Waals surface area contributed by atoms with Crippen LogP contribution in [0.25, 0.3) is 0 Å². The highest BCUT2D eigenvalue weighted by molar-refractivity contribution is 7.89. The highest BCUT2D eigenvalue weighted by atomic mass is 35.5. The Hall–Kier alpha value is -2.12. The van der Waals surface area contributed by atoms with Crippen LogP contribution in [0.5, 0.6) is 0 Å². The Balaban J connectivity index is 2.26. The molecule has 1 aromatic heterocycles. The van der Waals surface area contributed by atoms with E-state index in [-0.39, 0.29) is 6.07 Å². The number of nitrogens with one attached hydrogen (secondary N) is 2. The molecule has 0 atom stereocenters. The molecule has 0 amide bonds. The fourth-order valence-corrected chi connectivity index (χ4v) is 2.83. The number of nitrogens with zero attached hydrogens (tertiary/aromatic N) is 1. The first-order valence-corrected chi connectivity index (χ1v) is 8.45. The van der Waals surface area contributed by atoms with Crippen LogP contribution >= 0.6 is 11.6 Å². The number of hydrogen-bond donors (Lipinski definition) is 2. The fourth-order valence-electron chi connectivity index (χ4n) is 1.75. The largest absolute Gasteiger partial charge is 0.419 e. The predicted octanol–water partition coefficient (Wildman–Crippen LogP) is 4.22. The zero-order valence-electron chi connectivity index (χ0n) is 12.6. The van der Waals surface area contributed by atoms with Crippen LogP contribution in [0.15, 0.2) is 35.4 Å². The summed E-state index contributed by atoms with van der Waals surface area (Å²) in [6.45, 7) is 0. The van der Waals surface area contributed by atoms with E-state index in [1.165, 1.54) is 0 Å². The van der Waals surface area contributed by atoms with Crippen molar-refractivity contribution in [2.75, 3.05) is 5.43 Å². The molecule has 0 saturated heterocycles. The van der Waals surface area contributed by atoms with Crippen molar-refractivity contribution in [2.45, 2.75) is 17.2 Å². The molecular formula is C13H7ClF7N3O2S. The normalized spacial score (nSPS) is 12.9. The number of anilines is 1. The van der Waals surface area contributed by atoms with Gasteiger partial charge in [-0.3, -0.25) is 5.43 Å². The van der Waals surface area contributed by atoms with Crippen LogP contribution in [0.1, 0.15) is 11.1 Å². The highest BCUT2D eigenvalue weighted by Crippen LogP contribution is 2.33. The lowest BCUT2D eigenvalue weighted by Crippen LogP contribution is -2.30. The van der Waals surface area contributed by atoms with Gasteiger partial charge in [-0.05, 0) is 24.3 Å². The van der Waals surface area contributed by atoms with Crippen molar-refractivity contribution in [3.63, 3.8) is 0 Å². The summed E-state index contributed by atoms with van der Waals surface area (Å²) in [6, 6.07) is 1.39. The van der Waals surface area contributed by atoms with E-state index in [0.29, 0.717) is 24.4 Å². The zero-order valence-corrected chi connectivity index (χ0v) is 14.2. The molecule has 2 rings (SSSR count). The second-order valence-corrected chi connectivity index (χ2v) is 7.01. The topological polar surface area (TPSA) is 71.1 Å². The van der Waals surface area contributed by atoms with Crippen molar-refractivity contribution >= 4 is 27.4 Å². The molecule has 0 radical (unpaired) electrons. The van der Waals surface area contributed by atoms with Gasteiger partial charge in [-0.25, -0.2) is 17.8 Å². The van der Waals surface area contributed by atoms with Crippen LogP contribution in [-0.4, -0.2) is 13.4 Å². The zero-order chi connectivity index (χ0) is 20.6. The van der Waals surface area contributed by atoms with Gasteiger partial charge in [-0.15, -0.1) is 4.83 Å². The predicted molar refractivity (Wildman–Crippen MR) is 79.6 cm³/mol. The van der Waals surface area contributed by atoms with E-state index in [4.69, 9.17) is 11.6 Å². The fraction of sp³-hybridized carbons (Fsp3) is 0.154. The van der Waals surface area contributed by atoms with Crippen LogP contribution in [0.2, 0.25) is 5.02 Å². The van der Waals surface area contributed by atoms with Crippen molar-refractivity contribution in [3.8, 4) is 0 Å². The molecule has 1 aromatic carbocycles. The number of pyridine rings is 1. The van der Waals surface area contributed by atoms with Gasteiger partial charge >= 0.3 is 12.4 Å². The summed E-state index contributed by atoms with van der Waals surface area (Å²) in [6.07, 6.45) is -9.51. The minimum atomic E-state index is -5.14. The molecule has 27 heavy (non-hydrogen) atoms. The molecule has 0 aliphatic heterocycles. The Morgan fingerprint density at radius 3 is 2.15 bits per heavy atom. The number of hydrogen-bond acceptors (Lipinski definition) is 4. The Labute approximate surface area is 152 Å². The summed E-state index contributed by atoms with van der Waals surface area (Å²) < 4.78 is 113.